The second-order valence-electron chi connectivity index (χ2n) is 9.04. The first-order valence-corrected chi connectivity index (χ1v) is 11.4. The summed E-state index contributed by atoms with van der Waals surface area (Å²) in [4.78, 5) is 50.1. The van der Waals surface area contributed by atoms with Gasteiger partial charge in [0.15, 0.2) is 0 Å². The van der Waals surface area contributed by atoms with E-state index in [2.05, 4.69) is 21.3 Å². The minimum absolute atomic E-state index is 0.0776. The van der Waals surface area contributed by atoms with Crippen molar-refractivity contribution >= 4 is 24.0 Å². The van der Waals surface area contributed by atoms with Gasteiger partial charge in [-0.05, 0) is 36.8 Å². The molecule has 32 heavy (non-hydrogen) atoms. The Kier molecular flexibility index (Phi) is 9.84. The molecular formula is C24H36N4O4. The van der Waals surface area contributed by atoms with Crippen molar-refractivity contribution in [3.8, 4) is 0 Å². The van der Waals surface area contributed by atoms with Gasteiger partial charge in [-0.15, -0.1) is 0 Å². The van der Waals surface area contributed by atoms with Gasteiger partial charge in [0, 0.05) is 6.42 Å². The Morgan fingerprint density at radius 3 is 2.22 bits per heavy atom. The van der Waals surface area contributed by atoms with E-state index in [-0.39, 0.29) is 30.2 Å². The lowest BCUT2D eigenvalue weighted by Gasteiger charge is -2.27. The minimum atomic E-state index is -0.881. The molecule has 0 unspecified atom stereocenters. The molecule has 1 saturated heterocycles. The van der Waals surface area contributed by atoms with Crippen molar-refractivity contribution in [2.24, 2.45) is 11.8 Å². The first-order valence-electron chi connectivity index (χ1n) is 11.4. The van der Waals surface area contributed by atoms with Gasteiger partial charge >= 0.3 is 0 Å². The second-order valence-corrected chi connectivity index (χ2v) is 9.04. The van der Waals surface area contributed by atoms with Crippen molar-refractivity contribution in [2.75, 3.05) is 6.54 Å². The summed E-state index contributed by atoms with van der Waals surface area (Å²) in [7, 11) is 0. The van der Waals surface area contributed by atoms with Crippen LogP contribution in [0.5, 0.6) is 0 Å². The normalized spacial score (nSPS) is 18.6. The third kappa shape index (κ3) is 7.44. The molecule has 0 radical (unpaired) electrons. The van der Waals surface area contributed by atoms with Gasteiger partial charge in [0.2, 0.25) is 17.7 Å². The van der Waals surface area contributed by atoms with Crippen molar-refractivity contribution in [2.45, 2.75) is 71.1 Å². The van der Waals surface area contributed by atoms with Gasteiger partial charge in [-0.1, -0.05) is 58.0 Å². The molecule has 1 aromatic rings. The molecule has 3 amide bonds. The zero-order valence-corrected chi connectivity index (χ0v) is 19.4. The van der Waals surface area contributed by atoms with Crippen LogP contribution in [0.2, 0.25) is 0 Å². The Hall–Kier alpha value is -2.74. The van der Waals surface area contributed by atoms with Crippen LogP contribution in [0.15, 0.2) is 30.3 Å². The summed E-state index contributed by atoms with van der Waals surface area (Å²) in [5.41, 5.74) is 0.875. The van der Waals surface area contributed by atoms with Gasteiger partial charge in [0.1, 0.15) is 18.4 Å². The molecule has 1 heterocycles. The maximum Gasteiger partial charge on any atom is 0.243 e. The summed E-state index contributed by atoms with van der Waals surface area (Å²) < 4.78 is 0. The summed E-state index contributed by atoms with van der Waals surface area (Å²) in [6.45, 7) is 8.15. The number of hydrogen-bond acceptors (Lipinski definition) is 5. The van der Waals surface area contributed by atoms with Crippen molar-refractivity contribution in [3.05, 3.63) is 35.9 Å². The molecular weight excluding hydrogens is 408 g/mol. The lowest BCUT2D eigenvalue weighted by Crippen LogP contribution is -2.58. The standard InChI is InChI=1S/C24H36N4O4/c1-15(2)20(14-29)27-23(31)19(13-17-9-6-5-7-10-17)26-24(32)21(16(3)4)28-22(30)18-11-8-12-25-18/h5-7,9-10,14-16,18-21,25H,8,11-13H2,1-4H3,(H,26,32)(H,27,31)(H,28,30)/t18-,19-,20+,21-/m0/s1. The average Bonchev–Trinajstić information content (AvgIpc) is 3.30. The highest BCUT2D eigenvalue weighted by molar-refractivity contribution is 5.94. The summed E-state index contributed by atoms with van der Waals surface area (Å²) >= 11 is 0. The zero-order chi connectivity index (χ0) is 23.7. The molecule has 4 atom stereocenters. The summed E-state index contributed by atoms with van der Waals surface area (Å²) in [5, 5.41) is 11.5. The van der Waals surface area contributed by atoms with Crippen LogP contribution in [0.25, 0.3) is 0 Å². The number of carbonyl (C=O) groups is 4. The molecule has 176 valence electrons. The van der Waals surface area contributed by atoms with Crippen LogP contribution < -0.4 is 21.3 Å². The van der Waals surface area contributed by atoms with E-state index in [0.717, 1.165) is 24.9 Å². The molecule has 0 aromatic heterocycles. The van der Waals surface area contributed by atoms with E-state index >= 15 is 0 Å². The SMILES string of the molecule is CC(C)[C@H](NC(=O)[C@@H]1CCCN1)C(=O)N[C@@H](Cc1ccccc1)C(=O)N[C@H](C=O)C(C)C. The maximum absolute atomic E-state index is 13.1. The van der Waals surface area contributed by atoms with Crippen molar-refractivity contribution in [3.63, 3.8) is 0 Å². The fourth-order valence-electron chi connectivity index (χ4n) is 3.64. The Morgan fingerprint density at radius 2 is 1.69 bits per heavy atom. The molecule has 0 bridgehead atoms. The third-order valence-electron chi connectivity index (χ3n) is 5.71. The Bertz CT molecular complexity index is 775. The molecule has 0 saturated carbocycles. The van der Waals surface area contributed by atoms with Crippen molar-refractivity contribution < 1.29 is 19.2 Å². The molecule has 0 aliphatic carbocycles. The number of aldehydes is 1. The smallest absolute Gasteiger partial charge is 0.243 e. The van der Waals surface area contributed by atoms with Crippen LogP contribution in [0.3, 0.4) is 0 Å². The van der Waals surface area contributed by atoms with Gasteiger partial charge in [-0.2, -0.15) is 0 Å². The highest BCUT2D eigenvalue weighted by Gasteiger charge is 2.32. The Labute approximate surface area is 190 Å². The topological polar surface area (TPSA) is 116 Å². The van der Waals surface area contributed by atoms with Gasteiger partial charge in [0.25, 0.3) is 0 Å². The lowest BCUT2D eigenvalue weighted by atomic mass is 9.99. The predicted molar refractivity (Wildman–Crippen MR) is 123 cm³/mol. The average molecular weight is 445 g/mol. The van der Waals surface area contributed by atoms with E-state index < -0.39 is 29.9 Å². The summed E-state index contributed by atoms with van der Waals surface area (Å²) in [5.74, 6) is -1.31. The molecule has 4 N–H and O–H groups in total. The van der Waals surface area contributed by atoms with Gasteiger partial charge in [-0.25, -0.2) is 0 Å². The van der Waals surface area contributed by atoms with Crippen molar-refractivity contribution in [1.29, 1.82) is 0 Å². The van der Waals surface area contributed by atoms with Crippen LogP contribution in [0, 0.1) is 11.8 Å². The fourth-order valence-corrected chi connectivity index (χ4v) is 3.64. The fraction of sp³-hybridized carbons (Fsp3) is 0.583. The highest BCUT2D eigenvalue weighted by Crippen LogP contribution is 2.10. The monoisotopic (exact) mass is 444 g/mol. The molecule has 1 aliphatic heterocycles. The number of nitrogens with one attached hydrogen (secondary N) is 4. The van der Waals surface area contributed by atoms with E-state index in [9.17, 15) is 19.2 Å². The maximum atomic E-state index is 13.1. The predicted octanol–water partition coefficient (Wildman–Crippen LogP) is 0.946. The summed E-state index contributed by atoms with van der Waals surface area (Å²) in [6, 6.07) is 6.74. The van der Waals surface area contributed by atoms with Crippen LogP contribution in [-0.4, -0.2) is 54.7 Å². The highest BCUT2D eigenvalue weighted by atomic mass is 16.2. The summed E-state index contributed by atoms with van der Waals surface area (Å²) in [6.07, 6.45) is 2.63. The molecule has 1 aromatic carbocycles. The van der Waals surface area contributed by atoms with E-state index in [1.807, 2.05) is 58.0 Å². The molecule has 2 rings (SSSR count). The second kappa shape index (κ2) is 12.3. The quantitative estimate of drug-likeness (QED) is 0.379. The zero-order valence-electron chi connectivity index (χ0n) is 19.4. The van der Waals surface area contributed by atoms with E-state index in [4.69, 9.17) is 0 Å². The largest absolute Gasteiger partial charge is 0.345 e. The lowest BCUT2D eigenvalue weighted by molar-refractivity contribution is -0.134. The number of benzene rings is 1. The number of amides is 3. The molecule has 8 heteroatoms. The first kappa shape index (κ1) is 25.5. The van der Waals surface area contributed by atoms with Crippen LogP contribution in [0.1, 0.15) is 46.1 Å². The Morgan fingerprint density at radius 1 is 1.00 bits per heavy atom. The van der Waals surface area contributed by atoms with Gasteiger partial charge in [0.05, 0.1) is 12.1 Å². The van der Waals surface area contributed by atoms with Gasteiger partial charge in [-0.3, -0.25) is 14.4 Å². The first-order chi connectivity index (χ1) is 15.2. The van der Waals surface area contributed by atoms with E-state index in [1.54, 1.807) is 0 Å². The van der Waals surface area contributed by atoms with Crippen LogP contribution in [-0.2, 0) is 25.6 Å². The van der Waals surface area contributed by atoms with Crippen LogP contribution >= 0.6 is 0 Å². The minimum Gasteiger partial charge on any atom is -0.345 e. The number of carbonyl (C=O) groups excluding carboxylic acids is 4. The molecule has 0 spiro atoms. The molecule has 1 fully saturated rings. The van der Waals surface area contributed by atoms with E-state index in [0.29, 0.717) is 6.29 Å². The molecule has 8 nitrogen and oxygen atoms in total. The molecule has 1 aliphatic rings. The Balaban J connectivity index is 2.15. The number of rotatable bonds is 11. The van der Waals surface area contributed by atoms with Gasteiger partial charge < -0.3 is 26.1 Å². The third-order valence-corrected chi connectivity index (χ3v) is 5.71. The van der Waals surface area contributed by atoms with E-state index in [1.165, 1.54) is 0 Å². The van der Waals surface area contributed by atoms with Crippen molar-refractivity contribution in [1.82, 2.24) is 21.3 Å². The number of hydrogen-bond donors (Lipinski definition) is 4. The van der Waals surface area contributed by atoms with Crippen LogP contribution in [0.4, 0.5) is 0 Å².